The van der Waals surface area contributed by atoms with E-state index in [1.54, 1.807) is 0 Å². The van der Waals surface area contributed by atoms with Crippen LogP contribution in [0.4, 0.5) is 0 Å². The van der Waals surface area contributed by atoms with Gasteiger partial charge in [-0.05, 0) is 111 Å². The molecule has 8 bridgehead atoms. The number of methoxy groups -OCH3 is 1. The second kappa shape index (κ2) is 23.3. The number of carbonyl (C=O) groups is 3. The van der Waals surface area contributed by atoms with Crippen molar-refractivity contribution >= 4 is 17.7 Å². The topological polar surface area (TPSA) is 118 Å². The number of allylic oxidation sites excluding steroid dienone is 1. The summed E-state index contributed by atoms with van der Waals surface area (Å²) in [5.74, 6) is 2.87. The summed E-state index contributed by atoms with van der Waals surface area (Å²) in [5, 5.41) is 16.5. The molecule has 64 heavy (non-hydrogen) atoms. The van der Waals surface area contributed by atoms with Gasteiger partial charge in [-0.15, -0.1) is 6.58 Å². The van der Waals surface area contributed by atoms with Crippen LogP contribution in [0.1, 0.15) is 166 Å². The monoisotopic (exact) mass is 891 g/mol. The van der Waals surface area contributed by atoms with E-state index in [-0.39, 0.29) is 65.5 Å². The fourth-order valence-electron chi connectivity index (χ4n) is 14.6. The Hall–Kier alpha value is -2.07. The number of carbonyl (C=O) groups excluding carboxylic acids is 3. The Bertz CT molecular complexity index is 1580. The van der Waals surface area contributed by atoms with E-state index in [1.165, 1.54) is 64.0 Å². The molecule has 0 aromatic rings. The van der Waals surface area contributed by atoms with Crippen LogP contribution in [-0.4, -0.2) is 79.8 Å². The summed E-state index contributed by atoms with van der Waals surface area (Å²) in [6.45, 7) is 28.0. The molecular weight excluding hydrogens is 797 g/mol. The van der Waals surface area contributed by atoms with Crippen molar-refractivity contribution in [1.29, 1.82) is 0 Å². The third kappa shape index (κ3) is 11.8. The molecule has 6 aliphatic rings. The second-order valence-corrected chi connectivity index (χ2v) is 23.2. The van der Waals surface area contributed by atoms with Crippen molar-refractivity contribution < 1.29 is 23.9 Å². The molecule has 0 aromatic carbocycles. The fourth-order valence-corrected chi connectivity index (χ4v) is 14.6. The molecule has 6 rings (SSSR count). The highest BCUT2D eigenvalue weighted by Crippen LogP contribution is 2.51. The predicted molar refractivity (Wildman–Crippen MR) is 260 cm³/mol. The first-order valence-electron chi connectivity index (χ1n) is 26.7. The van der Waals surface area contributed by atoms with Crippen molar-refractivity contribution in [2.24, 2.45) is 76.9 Å². The molecule has 9 heteroatoms. The minimum absolute atomic E-state index is 0.0381. The van der Waals surface area contributed by atoms with Crippen molar-refractivity contribution in [3.05, 3.63) is 24.3 Å². The maximum Gasteiger partial charge on any atom is 0.316 e. The number of nitrogens with one attached hydrogen (secondary N) is 4. The number of rotatable bonds is 20. The predicted octanol–water partition coefficient (Wildman–Crippen LogP) is 9.83. The molecule has 5 heterocycles. The van der Waals surface area contributed by atoms with Crippen molar-refractivity contribution in [1.82, 2.24) is 21.3 Å². The number of Topliss-reactive ketones (excluding diaryl/α,β-unsaturated/α-hetero) is 1. The van der Waals surface area contributed by atoms with E-state index < -0.39 is 11.9 Å². The quantitative estimate of drug-likeness (QED) is 0.0539. The molecule has 1 saturated carbocycles. The molecular formula is C55H94N4O5. The average Bonchev–Trinajstić information content (AvgIpc) is 3.99. The molecule has 9 nitrogen and oxygen atoms in total. The van der Waals surface area contributed by atoms with Gasteiger partial charge in [0.1, 0.15) is 12.5 Å². The molecule has 20 atom stereocenters. The van der Waals surface area contributed by atoms with Crippen molar-refractivity contribution in [2.45, 2.75) is 214 Å². The van der Waals surface area contributed by atoms with Gasteiger partial charge in [0.15, 0.2) is 5.78 Å². The lowest BCUT2D eigenvalue weighted by molar-refractivity contribution is -0.151. The minimum Gasteiger partial charge on any atom is -0.468 e. The Labute approximate surface area is 390 Å². The minimum atomic E-state index is -0.827. The summed E-state index contributed by atoms with van der Waals surface area (Å²) < 4.78 is 11.3. The van der Waals surface area contributed by atoms with E-state index in [9.17, 15) is 14.4 Å². The van der Waals surface area contributed by atoms with Gasteiger partial charge < -0.3 is 30.7 Å². The van der Waals surface area contributed by atoms with Gasteiger partial charge in [-0.1, -0.05) is 125 Å². The van der Waals surface area contributed by atoms with E-state index in [0.29, 0.717) is 67.3 Å². The summed E-state index contributed by atoms with van der Waals surface area (Å²) in [6, 6.07) is 1.55. The van der Waals surface area contributed by atoms with Crippen LogP contribution in [0, 0.1) is 76.9 Å². The van der Waals surface area contributed by atoms with E-state index in [0.717, 1.165) is 49.9 Å². The maximum absolute atomic E-state index is 14.6. The second-order valence-electron chi connectivity index (χ2n) is 23.2. The van der Waals surface area contributed by atoms with Crippen molar-refractivity contribution in [2.75, 3.05) is 13.7 Å². The summed E-state index contributed by atoms with van der Waals surface area (Å²) in [5.41, 5.74) is 1.29. The highest BCUT2D eigenvalue weighted by Gasteiger charge is 2.64. The van der Waals surface area contributed by atoms with Crippen LogP contribution in [-0.2, 0) is 23.9 Å². The van der Waals surface area contributed by atoms with Crippen molar-refractivity contribution in [3.63, 3.8) is 0 Å². The SMILES string of the molecule is C=CC1C2CC3NC(CC4NC5C(C(=O)C(C(=O)OC)C5C5NC(CC(N2)C1C)[C@@H](C)[C@@H]5CCC(=O)OCC=C(C)CCCC(C)CCCC(C)CCCC(C)C)C4C)C(CC)C3C. The van der Waals surface area contributed by atoms with Gasteiger partial charge in [0.2, 0.25) is 0 Å². The Morgan fingerprint density at radius 2 is 1.28 bits per heavy atom. The van der Waals surface area contributed by atoms with Crippen LogP contribution >= 0.6 is 0 Å². The van der Waals surface area contributed by atoms with Gasteiger partial charge in [0, 0.05) is 66.6 Å². The standard InChI is InChI=1S/C55H94N4O5/c1-13-39-35(8)42-28-44-37(10)41(24-25-48(60)64-27-26-34(7)23-17-22-33(6)21-16-20-32(5)19-15-18-31(3)4)52(58-44)50-51(55(62)63-12)54(61)49-38(11)45(59-53(49)50)30-47-40(14-2)36(9)43(57-47)29-46(39)56-42/h13,26,31-33,35-47,49-53,56-59H,1,14-25,27-30H2,2-12H3/t32?,33?,35?,36?,37-,38?,39?,40?,41-,42?,43?,44?,45?,46?,47?,49?,50?,51?,52?,53?/m0/s1. The molecule has 6 fully saturated rings. The lowest BCUT2D eigenvalue weighted by Gasteiger charge is -2.34. The van der Waals surface area contributed by atoms with Gasteiger partial charge >= 0.3 is 11.9 Å². The summed E-state index contributed by atoms with van der Waals surface area (Å²) in [6.07, 6.45) is 20.9. The molecule has 0 spiro atoms. The maximum atomic E-state index is 14.6. The average molecular weight is 891 g/mol. The highest BCUT2D eigenvalue weighted by atomic mass is 16.5. The first-order chi connectivity index (χ1) is 30.6. The molecule has 0 aromatic heterocycles. The van der Waals surface area contributed by atoms with Crippen LogP contribution in [0.3, 0.4) is 0 Å². The zero-order chi connectivity index (χ0) is 46.4. The molecule has 5 aliphatic heterocycles. The fraction of sp³-hybridized carbons (Fsp3) is 0.873. The van der Waals surface area contributed by atoms with Crippen LogP contribution in [0.2, 0.25) is 0 Å². The molecule has 0 amide bonds. The lowest BCUT2D eigenvalue weighted by Crippen LogP contribution is -2.51. The molecule has 1 aliphatic carbocycles. The number of ketones is 1. The summed E-state index contributed by atoms with van der Waals surface area (Å²) in [4.78, 5) is 41.9. The Kier molecular flexibility index (Phi) is 18.7. The van der Waals surface area contributed by atoms with Crippen LogP contribution < -0.4 is 21.3 Å². The van der Waals surface area contributed by atoms with E-state index in [2.05, 4.69) is 109 Å². The summed E-state index contributed by atoms with van der Waals surface area (Å²) in [7, 11) is 1.42. The highest BCUT2D eigenvalue weighted by molar-refractivity contribution is 6.03. The number of esters is 2. The van der Waals surface area contributed by atoms with Gasteiger partial charge in [-0.25, -0.2) is 0 Å². The van der Waals surface area contributed by atoms with Crippen LogP contribution in [0.25, 0.3) is 0 Å². The Morgan fingerprint density at radius 3 is 1.94 bits per heavy atom. The molecule has 364 valence electrons. The zero-order valence-electron chi connectivity index (χ0n) is 42.3. The number of hydrogen-bond donors (Lipinski definition) is 4. The number of hydrogen-bond acceptors (Lipinski definition) is 9. The first kappa shape index (κ1) is 51.3. The first-order valence-corrected chi connectivity index (χ1v) is 26.7. The lowest BCUT2D eigenvalue weighted by atomic mass is 9.75. The van der Waals surface area contributed by atoms with Gasteiger partial charge in [0.25, 0.3) is 0 Å². The normalized spacial score (nSPS) is 40.5. The molecule has 5 saturated heterocycles. The molecule has 18 unspecified atom stereocenters. The van der Waals surface area contributed by atoms with Crippen LogP contribution in [0.5, 0.6) is 0 Å². The van der Waals surface area contributed by atoms with Gasteiger partial charge in [-0.2, -0.15) is 0 Å². The van der Waals surface area contributed by atoms with Crippen LogP contribution in [0.15, 0.2) is 24.3 Å². The van der Waals surface area contributed by atoms with Gasteiger partial charge in [-0.3, -0.25) is 14.4 Å². The Morgan fingerprint density at radius 1 is 0.719 bits per heavy atom. The van der Waals surface area contributed by atoms with Gasteiger partial charge in [0.05, 0.1) is 7.11 Å². The largest absolute Gasteiger partial charge is 0.468 e. The van der Waals surface area contributed by atoms with E-state index >= 15 is 0 Å². The van der Waals surface area contributed by atoms with E-state index in [1.807, 2.05) is 0 Å². The third-order valence-electron chi connectivity index (χ3n) is 18.6. The molecule has 0 radical (unpaired) electrons. The summed E-state index contributed by atoms with van der Waals surface area (Å²) >= 11 is 0. The number of ether oxygens (including phenoxy) is 2. The Balaban J connectivity index is 1.10. The van der Waals surface area contributed by atoms with E-state index in [4.69, 9.17) is 9.47 Å². The van der Waals surface area contributed by atoms with Crippen molar-refractivity contribution in [3.8, 4) is 0 Å². The number of fused-ring (bicyclic) bond motifs is 8. The smallest absolute Gasteiger partial charge is 0.316 e. The third-order valence-corrected chi connectivity index (χ3v) is 18.6. The zero-order valence-corrected chi connectivity index (χ0v) is 42.3. The molecule has 4 N–H and O–H groups in total.